The molecule has 2 aromatic carbocycles. The van der Waals surface area contributed by atoms with Crippen molar-refractivity contribution in [3.63, 3.8) is 0 Å². The summed E-state index contributed by atoms with van der Waals surface area (Å²) in [7, 11) is 0. The number of carbonyl (C=O) groups is 1. The van der Waals surface area contributed by atoms with Crippen LogP contribution < -0.4 is 11.1 Å². The fraction of sp³-hybridized carbons (Fsp3) is 0. The van der Waals surface area contributed by atoms with Crippen molar-refractivity contribution >= 4 is 55.8 Å². The van der Waals surface area contributed by atoms with Crippen molar-refractivity contribution in [2.24, 2.45) is 0 Å². The number of rotatable bonds is 2. The Kier molecular flexibility index (Phi) is 4.31. The minimum atomic E-state index is -0.307. The van der Waals surface area contributed by atoms with Crippen molar-refractivity contribution in [2.45, 2.75) is 0 Å². The summed E-state index contributed by atoms with van der Waals surface area (Å²) in [6.07, 6.45) is 0. The third kappa shape index (κ3) is 3.38. The van der Waals surface area contributed by atoms with Gasteiger partial charge in [0.2, 0.25) is 0 Å². The number of nitrogens with one attached hydrogen (secondary N) is 1. The lowest BCUT2D eigenvalue weighted by Gasteiger charge is -2.09. The van der Waals surface area contributed by atoms with Crippen molar-refractivity contribution in [3.8, 4) is 5.75 Å². The predicted molar refractivity (Wildman–Crippen MR) is 87.3 cm³/mol. The summed E-state index contributed by atoms with van der Waals surface area (Å²) < 4.78 is 1.43. The number of aromatic hydroxyl groups is 1. The number of hydrogen-bond donors (Lipinski definition) is 3. The maximum absolute atomic E-state index is 12.1. The summed E-state index contributed by atoms with van der Waals surface area (Å²) >= 11 is 5.33. The molecule has 0 radical (unpaired) electrons. The molecule has 0 aliphatic heterocycles. The van der Waals surface area contributed by atoms with Gasteiger partial charge in [0, 0.05) is 15.7 Å². The molecule has 4 N–H and O–H groups in total. The van der Waals surface area contributed by atoms with Crippen LogP contribution in [0.4, 0.5) is 11.4 Å². The maximum Gasteiger partial charge on any atom is 0.255 e. The molecule has 0 aliphatic rings. The van der Waals surface area contributed by atoms with Crippen molar-refractivity contribution < 1.29 is 9.90 Å². The highest BCUT2D eigenvalue weighted by atomic mass is 127. The Bertz CT molecular complexity index is 647. The van der Waals surface area contributed by atoms with E-state index >= 15 is 0 Å². The topological polar surface area (TPSA) is 75.3 Å². The van der Waals surface area contributed by atoms with E-state index in [9.17, 15) is 9.90 Å². The van der Waals surface area contributed by atoms with E-state index in [-0.39, 0.29) is 11.7 Å². The largest absolute Gasteiger partial charge is 0.507 e. The molecule has 2 aromatic rings. The third-order valence-corrected chi connectivity index (χ3v) is 4.05. The van der Waals surface area contributed by atoms with Crippen molar-refractivity contribution in [1.29, 1.82) is 0 Å². The van der Waals surface area contributed by atoms with Crippen LogP contribution >= 0.6 is 38.5 Å². The third-order valence-electron chi connectivity index (χ3n) is 2.45. The van der Waals surface area contributed by atoms with E-state index in [0.717, 1.165) is 4.47 Å². The first-order chi connectivity index (χ1) is 8.97. The standard InChI is InChI=1S/C13H10BrIN2O2/c14-9-3-2-8(16)6-11(9)17-13(19)7-1-4-10(15)12(18)5-7/h1-6,18H,16H2,(H,17,19). The molecule has 0 heterocycles. The van der Waals surface area contributed by atoms with E-state index < -0.39 is 0 Å². The smallest absolute Gasteiger partial charge is 0.255 e. The van der Waals surface area contributed by atoms with Gasteiger partial charge < -0.3 is 16.2 Å². The number of phenols is 1. The highest BCUT2D eigenvalue weighted by molar-refractivity contribution is 14.1. The molecule has 1 amide bonds. The van der Waals surface area contributed by atoms with Gasteiger partial charge in [-0.1, -0.05) is 0 Å². The lowest BCUT2D eigenvalue weighted by molar-refractivity contribution is 0.102. The van der Waals surface area contributed by atoms with E-state index in [2.05, 4.69) is 21.2 Å². The Morgan fingerprint density at radius 2 is 2.00 bits per heavy atom. The second-order valence-corrected chi connectivity index (χ2v) is 5.88. The second kappa shape index (κ2) is 5.79. The number of nitrogen functional groups attached to an aromatic ring is 1. The minimum absolute atomic E-state index is 0.0832. The first-order valence-corrected chi connectivity index (χ1v) is 7.19. The molecule has 0 aromatic heterocycles. The molecule has 0 fully saturated rings. The molecule has 0 unspecified atom stereocenters. The van der Waals surface area contributed by atoms with E-state index in [0.29, 0.717) is 20.5 Å². The summed E-state index contributed by atoms with van der Waals surface area (Å²) in [5, 5.41) is 12.3. The number of amides is 1. The quantitative estimate of drug-likeness (QED) is 0.501. The summed E-state index contributed by atoms with van der Waals surface area (Å²) in [4.78, 5) is 12.1. The second-order valence-electron chi connectivity index (χ2n) is 3.86. The number of nitrogens with two attached hydrogens (primary N) is 1. The van der Waals surface area contributed by atoms with E-state index in [1.54, 1.807) is 30.3 Å². The molecular weight excluding hydrogens is 423 g/mol. The van der Waals surface area contributed by atoms with Crippen LogP contribution in [0.25, 0.3) is 0 Å². The molecule has 0 bridgehead atoms. The van der Waals surface area contributed by atoms with Gasteiger partial charge in [0.1, 0.15) is 5.75 Å². The molecule has 19 heavy (non-hydrogen) atoms. The Morgan fingerprint density at radius 1 is 1.26 bits per heavy atom. The van der Waals surface area contributed by atoms with Gasteiger partial charge in [-0.25, -0.2) is 0 Å². The molecule has 0 aliphatic carbocycles. The fourth-order valence-corrected chi connectivity index (χ4v) is 2.17. The van der Waals surface area contributed by atoms with Crippen LogP contribution in [0.1, 0.15) is 10.4 Å². The van der Waals surface area contributed by atoms with Crippen LogP contribution in [0.2, 0.25) is 0 Å². The number of anilines is 2. The Hall–Kier alpha value is -1.28. The van der Waals surface area contributed by atoms with Crippen molar-refractivity contribution in [3.05, 3.63) is 50.0 Å². The highest BCUT2D eigenvalue weighted by Gasteiger charge is 2.10. The van der Waals surface area contributed by atoms with Crippen molar-refractivity contribution in [2.75, 3.05) is 11.1 Å². The van der Waals surface area contributed by atoms with E-state index in [1.165, 1.54) is 6.07 Å². The molecule has 0 saturated heterocycles. The lowest BCUT2D eigenvalue weighted by atomic mass is 10.2. The Labute approximate surface area is 132 Å². The van der Waals surface area contributed by atoms with Gasteiger partial charge in [-0.3, -0.25) is 4.79 Å². The molecule has 0 saturated carbocycles. The molecular formula is C13H10BrIN2O2. The van der Waals surface area contributed by atoms with Gasteiger partial charge in [-0.2, -0.15) is 0 Å². The molecule has 0 spiro atoms. The summed E-state index contributed by atoms with van der Waals surface area (Å²) in [6.45, 7) is 0. The molecule has 0 atom stereocenters. The van der Waals surface area contributed by atoms with Crippen LogP contribution in [0.15, 0.2) is 40.9 Å². The van der Waals surface area contributed by atoms with E-state index in [1.807, 2.05) is 22.6 Å². The minimum Gasteiger partial charge on any atom is -0.507 e. The first-order valence-electron chi connectivity index (χ1n) is 5.32. The highest BCUT2D eigenvalue weighted by Crippen LogP contribution is 2.26. The lowest BCUT2D eigenvalue weighted by Crippen LogP contribution is -2.12. The summed E-state index contributed by atoms with van der Waals surface area (Å²) in [5.41, 5.74) is 7.20. The zero-order valence-corrected chi connectivity index (χ0v) is 13.4. The van der Waals surface area contributed by atoms with Gasteiger partial charge in [-0.15, -0.1) is 0 Å². The average molecular weight is 433 g/mol. The average Bonchev–Trinajstić information content (AvgIpc) is 2.37. The van der Waals surface area contributed by atoms with Gasteiger partial charge in [0.25, 0.3) is 5.91 Å². The van der Waals surface area contributed by atoms with Gasteiger partial charge in [0.15, 0.2) is 0 Å². The van der Waals surface area contributed by atoms with E-state index in [4.69, 9.17) is 5.73 Å². The predicted octanol–water partition coefficient (Wildman–Crippen LogP) is 3.59. The normalized spacial score (nSPS) is 10.2. The molecule has 98 valence electrons. The summed E-state index contributed by atoms with van der Waals surface area (Å²) in [5.74, 6) is -0.224. The number of benzene rings is 2. The van der Waals surface area contributed by atoms with Crippen LogP contribution in [-0.2, 0) is 0 Å². The first kappa shape index (κ1) is 14.1. The Balaban J connectivity index is 2.25. The van der Waals surface area contributed by atoms with Crippen molar-refractivity contribution in [1.82, 2.24) is 0 Å². The number of phenolic OH excluding ortho intramolecular Hbond substituents is 1. The van der Waals surface area contributed by atoms with Crippen LogP contribution in [0.5, 0.6) is 5.75 Å². The SMILES string of the molecule is Nc1ccc(Br)c(NC(=O)c2ccc(I)c(O)c2)c1. The fourth-order valence-electron chi connectivity index (χ4n) is 1.49. The van der Waals surface area contributed by atoms with Crippen LogP contribution in [0, 0.1) is 3.57 Å². The van der Waals surface area contributed by atoms with Gasteiger partial charge in [-0.05, 0) is 74.9 Å². The van der Waals surface area contributed by atoms with Gasteiger partial charge >= 0.3 is 0 Å². The number of hydrogen-bond acceptors (Lipinski definition) is 3. The molecule has 2 rings (SSSR count). The maximum atomic E-state index is 12.1. The zero-order chi connectivity index (χ0) is 14.0. The van der Waals surface area contributed by atoms with Crippen LogP contribution in [0.3, 0.4) is 0 Å². The number of carbonyl (C=O) groups excluding carboxylic acids is 1. The molecule has 6 heteroatoms. The number of halogens is 2. The Morgan fingerprint density at radius 3 is 2.68 bits per heavy atom. The summed E-state index contributed by atoms with van der Waals surface area (Å²) in [6, 6.07) is 9.91. The zero-order valence-electron chi connectivity index (χ0n) is 9.65. The monoisotopic (exact) mass is 432 g/mol. The molecule has 4 nitrogen and oxygen atoms in total. The van der Waals surface area contributed by atoms with Gasteiger partial charge in [0.05, 0.1) is 9.26 Å². The van der Waals surface area contributed by atoms with Crippen LogP contribution in [-0.4, -0.2) is 11.0 Å².